The fraction of sp³-hybridized carbons (Fsp3) is 0.400. The lowest BCUT2D eigenvalue weighted by molar-refractivity contribution is -0.131. The fourth-order valence-electron chi connectivity index (χ4n) is 3.17. The molecule has 1 aliphatic rings. The topological polar surface area (TPSA) is 45.6 Å². The van der Waals surface area contributed by atoms with Gasteiger partial charge in [0, 0.05) is 45.6 Å². The summed E-state index contributed by atoms with van der Waals surface area (Å²) in [7, 11) is 1.90. The minimum Gasteiger partial charge on any atom is -0.356 e. The Bertz CT molecular complexity index is 786. The Balaban J connectivity index is 1.55. The first-order chi connectivity index (χ1) is 11.9. The molecule has 5 nitrogen and oxygen atoms in total. The van der Waals surface area contributed by atoms with Crippen LogP contribution in [0.4, 0.5) is 0 Å². The van der Waals surface area contributed by atoms with Crippen molar-refractivity contribution in [1.82, 2.24) is 14.4 Å². The van der Waals surface area contributed by atoms with Crippen LogP contribution in [-0.2, 0) is 18.3 Å². The second-order valence-corrected chi connectivity index (χ2v) is 6.83. The number of carbonyl (C=O) groups excluding carboxylic acids is 2. The summed E-state index contributed by atoms with van der Waals surface area (Å²) in [6, 6.07) is 8.01. The number of carbonyl (C=O) groups is 2. The van der Waals surface area contributed by atoms with Crippen LogP contribution in [0.25, 0.3) is 0 Å². The lowest BCUT2D eigenvalue weighted by Gasteiger charge is -2.34. The Morgan fingerprint density at radius 1 is 0.960 bits per heavy atom. The minimum absolute atomic E-state index is 0.0434. The van der Waals surface area contributed by atoms with Gasteiger partial charge in [0.25, 0.3) is 5.91 Å². The van der Waals surface area contributed by atoms with Gasteiger partial charge in [-0.1, -0.05) is 18.2 Å². The van der Waals surface area contributed by atoms with Crippen molar-refractivity contribution < 1.29 is 9.59 Å². The molecule has 2 amide bonds. The molecule has 1 aliphatic heterocycles. The van der Waals surface area contributed by atoms with Crippen LogP contribution in [0, 0.1) is 13.8 Å². The van der Waals surface area contributed by atoms with E-state index >= 15 is 0 Å². The standard InChI is InChI=1S/C20H25N3O2/c1-15-4-5-17(12-16(15)2)13-19(24)22-8-10-23(11-9-22)20(25)18-6-7-21(3)14-18/h4-7,12,14H,8-11,13H2,1-3H3. The van der Waals surface area contributed by atoms with Crippen molar-refractivity contribution in [2.24, 2.45) is 7.05 Å². The van der Waals surface area contributed by atoms with E-state index in [0.29, 0.717) is 38.2 Å². The summed E-state index contributed by atoms with van der Waals surface area (Å²) in [5.41, 5.74) is 4.21. The number of aromatic nitrogens is 1. The first-order valence-corrected chi connectivity index (χ1v) is 8.69. The molecule has 1 fully saturated rings. The van der Waals surface area contributed by atoms with Crippen molar-refractivity contribution in [2.45, 2.75) is 20.3 Å². The van der Waals surface area contributed by atoms with Gasteiger partial charge < -0.3 is 14.4 Å². The van der Waals surface area contributed by atoms with Gasteiger partial charge in [-0.2, -0.15) is 0 Å². The van der Waals surface area contributed by atoms with Crippen LogP contribution >= 0.6 is 0 Å². The van der Waals surface area contributed by atoms with Crippen LogP contribution in [0.3, 0.4) is 0 Å². The van der Waals surface area contributed by atoms with E-state index in [1.165, 1.54) is 11.1 Å². The van der Waals surface area contributed by atoms with Gasteiger partial charge in [0.1, 0.15) is 0 Å². The van der Waals surface area contributed by atoms with Crippen LogP contribution in [0.2, 0.25) is 0 Å². The van der Waals surface area contributed by atoms with Crippen LogP contribution in [0.15, 0.2) is 36.7 Å². The van der Waals surface area contributed by atoms with Crippen LogP contribution in [0.5, 0.6) is 0 Å². The molecule has 0 spiro atoms. The van der Waals surface area contributed by atoms with Gasteiger partial charge in [-0.05, 0) is 36.6 Å². The van der Waals surface area contributed by atoms with Crippen molar-refractivity contribution in [3.8, 4) is 0 Å². The first-order valence-electron chi connectivity index (χ1n) is 8.69. The molecule has 0 atom stereocenters. The van der Waals surface area contributed by atoms with Gasteiger partial charge in [-0.3, -0.25) is 9.59 Å². The summed E-state index contributed by atoms with van der Waals surface area (Å²) in [6.45, 7) is 6.52. The average molecular weight is 339 g/mol. The summed E-state index contributed by atoms with van der Waals surface area (Å²) >= 11 is 0. The molecule has 0 aliphatic carbocycles. The van der Waals surface area contributed by atoms with Crippen molar-refractivity contribution in [1.29, 1.82) is 0 Å². The maximum absolute atomic E-state index is 12.5. The molecule has 1 aromatic carbocycles. The lowest BCUT2D eigenvalue weighted by atomic mass is 10.0. The van der Waals surface area contributed by atoms with Gasteiger partial charge in [0.05, 0.1) is 12.0 Å². The highest BCUT2D eigenvalue weighted by molar-refractivity contribution is 5.94. The third-order valence-corrected chi connectivity index (χ3v) is 4.93. The van der Waals surface area contributed by atoms with Gasteiger partial charge in [-0.25, -0.2) is 0 Å². The van der Waals surface area contributed by atoms with E-state index in [9.17, 15) is 9.59 Å². The molecule has 0 radical (unpaired) electrons. The number of amides is 2. The number of hydrogen-bond acceptors (Lipinski definition) is 2. The van der Waals surface area contributed by atoms with E-state index in [1.807, 2.05) is 45.9 Å². The van der Waals surface area contributed by atoms with Gasteiger partial charge in [0.15, 0.2) is 0 Å². The van der Waals surface area contributed by atoms with E-state index in [1.54, 1.807) is 0 Å². The molecule has 0 bridgehead atoms. The Kier molecular flexibility index (Phi) is 4.93. The molecule has 1 saturated heterocycles. The summed E-state index contributed by atoms with van der Waals surface area (Å²) in [4.78, 5) is 28.7. The zero-order valence-corrected chi connectivity index (χ0v) is 15.2. The molecular weight excluding hydrogens is 314 g/mol. The molecule has 132 valence electrons. The van der Waals surface area contributed by atoms with Gasteiger partial charge >= 0.3 is 0 Å². The number of hydrogen-bond donors (Lipinski definition) is 0. The van der Waals surface area contributed by atoms with E-state index in [4.69, 9.17) is 0 Å². The van der Waals surface area contributed by atoms with Crippen LogP contribution in [0.1, 0.15) is 27.0 Å². The molecule has 0 N–H and O–H groups in total. The first kappa shape index (κ1) is 17.3. The molecular formula is C20H25N3O2. The highest BCUT2D eigenvalue weighted by atomic mass is 16.2. The predicted molar refractivity (Wildman–Crippen MR) is 97.5 cm³/mol. The minimum atomic E-state index is 0.0434. The Morgan fingerprint density at radius 3 is 2.24 bits per heavy atom. The maximum atomic E-state index is 12.5. The maximum Gasteiger partial charge on any atom is 0.255 e. The Labute approximate surface area is 148 Å². The van der Waals surface area contributed by atoms with Gasteiger partial charge in [-0.15, -0.1) is 0 Å². The number of aryl methyl sites for hydroxylation is 3. The number of piperazine rings is 1. The monoisotopic (exact) mass is 339 g/mol. The third kappa shape index (κ3) is 3.92. The SMILES string of the molecule is Cc1ccc(CC(=O)N2CCN(C(=O)c3ccn(C)c3)CC2)cc1C. The largest absolute Gasteiger partial charge is 0.356 e. The van der Waals surface area contributed by atoms with Crippen molar-refractivity contribution >= 4 is 11.8 Å². The highest BCUT2D eigenvalue weighted by Gasteiger charge is 2.25. The fourth-order valence-corrected chi connectivity index (χ4v) is 3.17. The Hall–Kier alpha value is -2.56. The molecule has 25 heavy (non-hydrogen) atoms. The summed E-state index contributed by atoms with van der Waals surface area (Å²) < 4.78 is 1.87. The molecule has 3 rings (SSSR count). The van der Waals surface area contributed by atoms with Crippen molar-refractivity contribution in [3.05, 3.63) is 58.9 Å². The second kappa shape index (κ2) is 7.13. The van der Waals surface area contributed by atoms with E-state index in [0.717, 1.165) is 5.56 Å². The van der Waals surface area contributed by atoms with E-state index < -0.39 is 0 Å². The highest BCUT2D eigenvalue weighted by Crippen LogP contribution is 2.13. The number of nitrogens with zero attached hydrogens (tertiary/aromatic N) is 3. The molecule has 0 saturated carbocycles. The number of rotatable bonds is 3. The van der Waals surface area contributed by atoms with Crippen molar-refractivity contribution in [3.63, 3.8) is 0 Å². The smallest absolute Gasteiger partial charge is 0.255 e. The van der Waals surface area contributed by atoms with E-state index in [2.05, 4.69) is 26.0 Å². The molecule has 5 heteroatoms. The zero-order valence-electron chi connectivity index (χ0n) is 15.2. The summed E-state index contributed by atoms with van der Waals surface area (Å²) in [5, 5.41) is 0. The van der Waals surface area contributed by atoms with Crippen LogP contribution < -0.4 is 0 Å². The van der Waals surface area contributed by atoms with Crippen LogP contribution in [-0.4, -0.2) is 52.4 Å². The summed E-state index contributed by atoms with van der Waals surface area (Å²) in [6.07, 6.45) is 4.13. The predicted octanol–water partition coefficient (Wildman–Crippen LogP) is 2.17. The Morgan fingerprint density at radius 2 is 1.64 bits per heavy atom. The van der Waals surface area contributed by atoms with Crippen molar-refractivity contribution in [2.75, 3.05) is 26.2 Å². The third-order valence-electron chi connectivity index (χ3n) is 4.93. The normalized spacial score (nSPS) is 14.7. The summed E-state index contributed by atoms with van der Waals surface area (Å²) in [5.74, 6) is 0.178. The average Bonchev–Trinajstić information content (AvgIpc) is 3.04. The lowest BCUT2D eigenvalue weighted by Crippen LogP contribution is -2.50. The molecule has 0 unspecified atom stereocenters. The zero-order chi connectivity index (χ0) is 18.0. The molecule has 2 heterocycles. The number of benzene rings is 1. The van der Waals surface area contributed by atoms with Gasteiger partial charge in [0.2, 0.25) is 5.91 Å². The van der Waals surface area contributed by atoms with E-state index in [-0.39, 0.29) is 11.8 Å². The second-order valence-electron chi connectivity index (χ2n) is 6.83. The molecule has 2 aromatic rings. The quantitative estimate of drug-likeness (QED) is 0.860. The molecule has 1 aromatic heterocycles.